The van der Waals surface area contributed by atoms with Crippen LogP contribution in [0.4, 0.5) is 13.6 Å². The number of nitrogens with zero attached hydrogens (tertiary/aromatic N) is 3. The van der Waals surface area contributed by atoms with Gasteiger partial charge in [0.05, 0.1) is 11.8 Å². The average Bonchev–Trinajstić information content (AvgIpc) is 4.09. The molecule has 57 heavy (non-hydrogen) atoms. The number of benzene rings is 1. The Morgan fingerprint density at radius 3 is 2.56 bits per heavy atom. The zero-order chi connectivity index (χ0) is 40.7. The number of aromatic nitrogens is 1. The van der Waals surface area contributed by atoms with Gasteiger partial charge in [-0.15, -0.1) is 8.78 Å². The standard InChI is InChI=1S/C39H47F2N5O10S/c1-21-6-4-5-7-23-18-38(23,35(49)44-57(52,53)25-8-9-25)43-32(47)28-17-24(54-33-27-10-11-29-31(26(27)12-15-42-33)56-39(40,41)55-29)19-45(28)34(48)30(22(2)16-21)46(36(50)51)20-37(3)13-14-37/h5,7,10-12,15,21-25,28,30H,4,6,8-9,13-14,16-20H2,1-3H3,(H,43,47)(H,44,49)(H,50,51)/b7-5-/t21-,22-,23-,24-,28+,30+,38-/m1/s1. The van der Waals surface area contributed by atoms with Crippen LogP contribution in [-0.2, 0) is 24.4 Å². The van der Waals surface area contributed by atoms with E-state index >= 15 is 4.79 Å². The van der Waals surface area contributed by atoms with E-state index in [0.29, 0.717) is 37.5 Å². The van der Waals surface area contributed by atoms with Crippen molar-refractivity contribution >= 4 is 44.6 Å². The van der Waals surface area contributed by atoms with Gasteiger partial charge in [0.2, 0.25) is 27.7 Å². The second-order valence-electron chi connectivity index (χ2n) is 17.2. The third kappa shape index (κ3) is 7.68. The molecule has 6 aliphatic rings. The second kappa shape index (κ2) is 14.0. The fourth-order valence-electron chi connectivity index (χ4n) is 8.67. The van der Waals surface area contributed by atoms with E-state index < -0.39 is 80.9 Å². The Morgan fingerprint density at radius 2 is 1.86 bits per heavy atom. The van der Waals surface area contributed by atoms with E-state index in [1.54, 1.807) is 0 Å². The Balaban J connectivity index is 1.15. The molecule has 1 aromatic heterocycles. The number of rotatable bonds is 8. The van der Waals surface area contributed by atoms with E-state index in [1.165, 1.54) is 34.2 Å². The van der Waals surface area contributed by atoms with Crippen LogP contribution in [0.1, 0.15) is 78.6 Å². The van der Waals surface area contributed by atoms with Crippen LogP contribution in [0.5, 0.6) is 17.4 Å². The number of halogens is 2. The van der Waals surface area contributed by atoms with E-state index in [1.807, 2.05) is 32.9 Å². The number of fused-ring (bicyclic) bond motifs is 5. The van der Waals surface area contributed by atoms with Crippen LogP contribution >= 0.6 is 0 Å². The van der Waals surface area contributed by atoms with Gasteiger partial charge >= 0.3 is 12.4 Å². The zero-order valence-electron chi connectivity index (χ0n) is 31.9. The van der Waals surface area contributed by atoms with Gasteiger partial charge in [0.15, 0.2) is 11.5 Å². The van der Waals surface area contributed by atoms with Gasteiger partial charge in [-0.2, -0.15) is 0 Å². The molecule has 0 unspecified atom stereocenters. The van der Waals surface area contributed by atoms with E-state index in [0.717, 1.165) is 12.8 Å². The number of hydrogen-bond donors (Lipinski definition) is 3. The van der Waals surface area contributed by atoms with Crippen molar-refractivity contribution in [2.45, 2.75) is 114 Å². The third-order valence-corrected chi connectivity index (χ3v) is 14.2. The minimum Gasteiger partial charge on any atom is -0.472 e. The highest BCUT2D eigenvalue weighted by atomic mass is 32.2. The summed E-state index contributed by atoms with van der Waals surface area (Å²) in [5, 5.41) is 13.3. The summed E-state index contributed by atoms with van der Waals surface area (Å²) in [6, 6.07) is 1.81. The molecule has 7 atom stereocenters. The molecule has 3 N–H and O–H groups in total. The minimum absolute atomic E-state index is 0.0100. The second-order valence-corrected chi connectivity index (χ2v) is 19.2. The van der Waals surface area contributed by atoms with Crippen LogP contribution in [0.2, 0.25) is 0 Å². The molecule has 3 aliphatic carbocycles. The largest absolute Gasteiger partial charge is 0.586 e. The minimum atomic E-state index is -3.96. The van der Waals surface area contributed by atoms with Crippen molar-refractivity contribution in [3.63, 3.8) is 0 Å². The van der Waals surface area contributed by atoms with Crippen molar-refractivity contribution in [3.05, 3.63) is 36.5 Å². The summed E-state index contributed by atoms with van der Waals surface area (Å²) < 4.78 is 71.8. The van der Waals surface area contributed by atoms with Crippen molar-refractivity contribution in [2.24, 2.45) is 23.2 Å². The summed E-state index contributed by atoms with van der Waals surface area (Å²) in [7, 11) is -3.96. The molecule has 0 radical (unpaired) electrons. The summed E-state index contributed by atoms with van der Waals surface area (Å²) in [4.78, 5) is 63.3. The summed E-state index contributed by atoms with van der Waals surface area (Å²) >= 11 is 0. The molecular weight excluding hydrogens is 769 g/mol. The predicted octanol–water partition coefficient (Wildman–Crippen LogP) is 4.55. The Hall–Kier alpha value is -4.74. The van der Waals surface area contributed by atoms with Gasteiger partial charge in [-0.05, 0) is 86.8 Å². The van der Waals surface area contributed by atoms with Gasteiger partial charge in [-0.3, -0.25) is 24.0 Å². The first kappa shape index (κ1) is 39.1. The number of pyridine rings is 1. The lowest BCUT2D eigenvalue weighted by Crippen LogP contribution is -2.60. The highest BCUT2D eigenvalue weighted by Gasteiger charge is 2.62. The normalized spacial score (nSPS) is 32.2. The van der Waals surface area contributed by atoms with Gasteiger partial charge in [0, 0.05) is 35.9 Å². The van der Waals surface area contributed by atoms with Crippen molar-refractivity contribution in [1.29, 1.82) is 0 Å². The Bertz CT molecular complexity index is 2150. The molecule has 4 fully saturated rings. The lowest BCUT2D eigenvalue weighted by molar-refractivity contribution is -0.286. The lowest BCUT2D eigenvalue weighted by Gasteiger charge is -2.38. The molecule has 0 bridgehead atoms. The van der Waals surface area contributed by atoms with Gasteiger partial charge in [0.1, 0.15) is 23.7 Å². The summed E-state index contributed by atoms with van der Waals surface area (Å²) in [6.45, 7) is 5.80. The zero-order valence-corrected chi connectivity index (χ0v) is 32.7. The smallest absolute Gasteiger partial charge is 0.472 e. The van der Waals surface area contributed by atoms with Crippen LogP contribution in [-0.4, -0.2) is 100 Å². The summed E-state index contributed by atoms with van der Waals surface area (Å²) in [5.74, 6) is -3.45. The lowest BCUT2D eigenvalue weighted by atomic mass is 9.86. The fourth-order valence-corrected chi connectivity index (χ4v) is 10.0. The van der Waals surface area contributed by atoms with Crippen molar-refractivity contribution in [3.8, 4) is 17.4 Å². The first-order chi connectivity index (χ1) is 26.9. The molecule has 4 heterocycles. The number of ether oxygens (including phenoxy) is 3. The number of amides is 4. The molecule has 18 heteroatoms. The number of allylic oxidation sites excluding steroid dienone is 1. The van der Waals surface area contributed by atoms with Crippen LogP contribution in [0.3, 0.4) is 0 Å². The van der Waals surface area contributed by atoms with Crippen molar-refractivity contribution in [2.75, 3.05) is 13.1 Å². The van der Waals surface area contributed by atoms with Crippen LogP contribution in [0.25, 0.3) is 10.8 Å². The molecule has 3 aliphatic heterocycles. The number of hydrogen-bond acceptors (Lipinski definition) is 10. The topological polar surface area (TPSA) is 194 Å². The molecule has 0 spiro atoms. The van der Waals surface area contributed by atoms with Crippen LogP contribution in [0.15, 0.2) is 36.5 Å². The van der Waals surface area contributed by atoms with E-state index in [-0.39, 0.29) is 60.0 Å². The van der Waals surface area contributed by atoms with Gasteiger partial charge < -0.3 is 29.5 Å². The number of sulfonamides is 1. The van der Waals surface area contributed by atoms with Crippen molar-refractivity contribution < 1.29 is 55.7 Å². The Kier molecular flexibility index (Phi) is 9.59. The summed E-state index contributed by atoms with van der Waals surface area (Å²) in [6.07, 6.45) is 3.37. The predicted molar refractivity (Wildman–Crippen MR) is 199 cm³/mol. The van der Waals surface area contributed by atoms with Crippen molar-refractivity contribution in [1.82, 2.24) is 24.8 Å². The number of carbonyl (C=O) groups excluding carboxylic acids is 3. The molecule has 2 aromatic rings. The molecule has 1 saturated heterocycles. The molecule has 1 aromatic carbocycles. The number of alkyl halides is 2. The van der Waals surface area contributed by atoms with E-state index in [4.69, 9.17) is 9.47 Å². The maximum absolute atomic E-state index is 15.1. The first-order valence-electron chi connectivity index (χ1n) is 19.6. The van der Waals surface area contributed by atoms with E-state index in [2.05, 4.69) is 19.8 Å². The molecule has 4 amide bonds. The Morgan fingerprint density at radius 1 is 1.11 bits per heavy atom. The highest BCUT2D eigenvalue weighted by molar-refractivity contribution is 7.91. The average molecular weight is 816 g/mol. The molecule has 15 nitrogen and oxygen atoms in total. The van der Waals surface area contributed by atoms with Crippen LogP contribution < -0.4 is 24.2 Å². The Labute approximate surface area is 328 Å². The molecule has 8 rings (SSSR count). The monoisotopic (exact) mass is 815 g/mol. The van der Waals surface area contributed by atoms with Crippen LogP contribution in [0, 0.1) is 23.2 Å². The molecular formula is C39H47F2N5O10S. The number of nitrogens with one attached hydrogen (secondary N) is 2. The molecule has 308 valence electrons. The fraction of sp³-hybridized carbons (Fsp3) is 0.615. The molecule has 3 saturated carbocycles. The summed E-state index contributed by atoms with van der Waals surface area (Å²) in [5.41, 5.74) is -1.89. The van der Waals surface area contributed by atoms with Gasteiger partial charge in [-0.1, -0.05) is 32.9 Å². The maximum atomic E-state index is 15.1. The number of carboxylic acid groups (broad SMARTS) is 1. The number of carbonyl (C=O) groups is 4. The highest BCUT2D eigenvalue weighted by Crippen LogP contribution is 2.49. The van der Waals surface area contributed by atoms with Gasteiger partial charge in [-0.25, -0.2) is 18.2 Å². The van der Waals surface area contributed by atoms with Gasteiger partial charge in [0.25, 0.3) is 5.91 Å². The SMILES string of the molecule is C[C@@H]1CC/C=C\[C@@H]2C[C@@]2(C(=O)NS(=O)(=O)C2CC2)NC(=O)[C@@H]2C[C@@H](Oc3nccc4c5c(ccc34)OC(F)(F)O5)CN2C(=O)[C@@H](N(CC2(C)CC2)C(=O)O)[C@H](C)C1. The third-order valence-electron chi connectivity index (χ3n) is 12.4. The quantitative estimate of drug-likeness (QED) is 0.317. The first-order valence-corrected chi connectivity index (χ1v) is 21.1. The van der Waals surface area contributed by atoms with E-state index in [9.17, 15) is 36.7 Å². The maximum Gasteiger partial charge on any atom is 0.586 e.